The molecule has 17 heavy (non-hydrogen) atoms. The van der Waals surface area contributed by atoms with Gasteiger partial charge in [-0.15, -0.1) is 0 Å². The lowest BCUT2D eigenvalue weighted by Crippen LogP contribution is -1.98. The molecule has 0 saturated carbocycles. The van der Waals surface area contributed by atoms with Gasteiger partial charge in [-0.3, -0.25) is 0 Å². The van der Waals surface area contributed by atoms with E-state index in [1.54, 1.807) is 18.2 Å². The highest BCUT2D eigenvalue weighted by atomic mass is 35.5. The Morgan fingerprint density at radius 3 is 2.71 bits per heavy atom. The molecule has 0 radical (unpaired) electrons. The Morgan fingerprint density at radius 2 is 2.00 bits per heavy atom. The zero-order valence-corrected chi connectivity index (χ0v) is 10.2. The van der Waals surface area contributed by atoms with Gasteiger partial charge < -0.3 is 0 Å². The molecule has 0 saturated heterocycles. The van der Waals surface area contributed by atoms with E-state index >= 15 is 0 Å². The number of hydrogen-bond donors (Lipinski definition) is 0. The van der Waals surface area contributed by atoms with Crippen LogP contribution in [0.25, 0.3) is 11.3 Å². The van der Waals surface area contributed by atoms with Crippen molar-refractivity contribution in [3.05, 3.63) is 47.1 Å². The van der Waals surface area contributed by atoms with E-state index in [4.69, 9.17) is 11.6 Å². The van der Waals surface area contributed by atoms with E-state index in [2.05, 4.69) is 9.97 Å². The van der Waals surface area contributed by atoms with Crippen molar-refractivity contribution in [2.24, 2.45) is 0 Å². The van der Waals surface area contributed by atoms with Gasteiger partial charge in [0, 0.05) is 11.1 Å². The third-order valence-corrected chi connectivity index (χ3v) is 2.85. The summed E-state index contributed by atoms with van der Waals surface area (Å²) in [5, 5.41) is 0.403. The first-order valence-corrected chi connectivity index (χ1v) is 5.86. The van der Waals surface area contributed by atoms with Crippen LogP contribution in [0.4, 0.5) is 4.39 Å². The van der Waals surface area contributed by atoms with Gasteiger partial charge in [0.25, 0.3) is 0 Å². The van der Waals surface area contributed by atoms with Crippen LogP contribution in [0.15, 0.2) is 30.6 Å². The normalized spacial score (nSPS) is 10.5. The number of aromatic nitrogens is 2. The lowest BCUT2D eigenvalue weighted by atomic mass is 10.0. The topological polar surface area (TPSA) is 25.8 Å². The molecular formula is C13H12ClFN2. The Morgan fingerprint density at radius 1 is 1.24 bits per heavy atom. The van der Waals surface area contributed by atoms with Crippen molar-refractivity contribution in [2.45, 2.75) is 19.8 Å². The number of benzene rings is 1. The number of nitrogens with zero attached hydrogens (tertiary/aromatic N) is 2. The molecule has 0 amide bonds. The second-order valence-corrected chi connectivity index (χ2v) is 4.08. The van der Waals surface area contributed by atoms with Gasteiger partial charge in [0.1, 0.15) is 17.3 Å². The second-order valence-electron chi connectivity index (χ2n) is 3.72. The Kier molecular flexibility index (Phi) is 3.69. The second kappa shape index (κ2) is 5.23. The monoisotopic (exact) mass is 250 g/mol. The summed E-state index contributed by atoms with van der Waals surface area (Å²) in [6.07, 6.45) is 3.02. The molecule has 0 bridgehead atoms. The van der Waals surface area contributed by atoms with Gasteiger partial charge >= 0.3 is 0 Å². The number of hydrogen-bond acceptors (Lipinski definition) is 2. The molecule has 0 unspecified atom stereocenters. The van der Waals surface area contributed by atoms with E-state index in [1.165, 1.54) is 12.4 Å². The van der Waals surface area contributed by atoms with Crippen LogP contribution in [-0.2, 0) is 6.42 Å². The lowest BCUT2D eigenvalue weighted by Gasteiger charge is -2.09. The van der Waals surface area contributed by atoms with E-state index in [-0.39, 0.29) is 5.82 Å². The molecule has 2 nitrogen and oxygen atoms in total. The first-order valence-electron chi connectivity index (χ1n) is 5.48. The van der Waals surface area contributed by atoms with Gasteiger partial charge in [-0.05, 0) is 18.6 Å². The largest absolute Gasteiger partial charge is 0.236 e. The fourth-order valence-corrected chi connectivity index (χ4v) is 1.98. The van der Waals surface area contributed by atoms with Crippen LogP contribution in [0.2, 0.25) is 5.15 Å². The molecule has 2 rings (SSSR count). The van der Waals surface area contributed by atoms with Gasteiger partial charge in [0.05, 0.1) is 5.69 Å². The first kappa shape index (κ1) is 12.0. The third-order valence-electron chi connectivity index (χ3n) is 2.52. The minimum Gasteiger partial charge on any atom is -0.236 e. The number of rotatable bonds is 3. The smallest absolute Gasteiger partial charge is 0.136 e. The van der Waals surface area contributed by atoms with Crippen LogP contribution in [-0.4, -0.2) is 9.97 Å². The summed E-state index contributed by atoms with van der Waals surface area (Å²) in [6, 6.07) is 6.56. The van der Waals surface area contributed by atoms with Crippen LogP contribution < -0.4 is 0 Å². The molecule has 0 aliphatic heterocycles. The molecular weight excluding hydrogens is 239 g/mol. The van der Waals surface area contributed by atoms with Crippen LogP contribution in [0.3, 0.4) is 0 Å². The van der Waals surface area contributed by atoms with Crippen LogP contribution >= 0.6 is 11.6 Å². The van der Waals surface area contributed by atoms with Crippen LogP contribution in [0, 0.1) is 5.82 Å². The summed E-state index contributed by atoms with van der Waals surface area (Å²) in [6.45, 7) is 2.04. The van der Waals surface area contributed by atoms with Crippen molar-refractivity contribution in [1.29, 1.82) is 0 Å². The maximum Gasteiger partial charge on any atom is 0.136 e. The average molecular weight is 251 g/mol. The molecule has 0 aliphatic carbocycles. The van der Waals surface area contributed by atoms with E-state index in [9.17, 15) is 4.39 Å². The molecule has 2 aromatic rings. The fourth-order valence-electron chi connectivity index (χ4n) is 1.75. The molecule has 1 aromatic carbocycles. The SMILES string of the molecule is CCCc1c(Cl)ncnc1-c1ccccc1F. The highest BCUT2D eigenvalue weighted by Gasteiger charge is 2.13. The minimum atomic E-state index is -0.292. The maximum atomic E-state index is 13.7. The molecule has 88 valence electrons. The molecule has 1 aromatic heterocycles. The van der Waals surface area contributed by atoms with Gasteiger partial charge in [0.15, 0.2) is 0 Å². The summed E-state index contributed by atoms with van der Waals surface area (Å²) < 4.78 is 13.7. The van der Waals surface area contributed by atoms with Crippen molar-refractivity contribution in [3.8, 4) is 11.3 Å². The van der Waals surface area contributed by atoms with Crippen molar-refractivity contribution >= 4 is 11.6 Å². The Labute approximate surface area is 104 Å². The zero-order chi connectivity index (χ0) is 12.3. The molecule has 0 spiro atoms. The standard InChI is InChI=1S/C13H12ClFN2/c1-2-5-10-12(16-8-17-13(10)14)9-6-3-4-7-11(9)15/h3-4,6-8H,2,5H2,1H3. The van der Waals surface area contributed by atoms with Crippen LogP contribution in [0.1, 0.15) is 18.9 Å². The summed E-state index contributed by atoms with van der Waals surface area (Å²) in [5.41, 5.74) is 1.87. The highest BCUT2D eigenvalue weighted by Crippen LogP contribution is 2.28. The van der Waals surface area contributed by atoms with E-state index in [1.807, 2.05) is 6.92 Å². The molecule has 4 heteroatoms. The van der Waals surface area contributed by atoms with Crippen molar-refractivity contribution in [1.82, 2.24) is 9.97 Å². The van der Waals surface area contributed by atoms with Gasteiger partial charge in [-0.2, -0.15) is 0 Å². The van der Waals surface area contributed by atoms with Crippen molar-refractivity contribution < 1.29 is 4.39 Å². The molecule has 0 fully saturated rings. The van der Waals surface area contributed by atoms with E-state index in [0.717, 1.165) is 18.4 Å². The molecule has 0 N–H and O–H groups in total. The zero-order valence-electron chi connectivity index (χ0n) is 9.45. The highest BCUT2D eigenvalue weighted by molar-refractivity contribution is 6.30. The molecule has 1 heterocycles. The van der Waals surface area contributed by atoms with E-state index in [0.29, 0.717) is 16.4 Å². The maximum absolute atomic E-state index is 13.7. The van der Waals surface area contributed by atoms with Gasteiger partial charge in [-0.25, -0.2) is 14.4 Å². The summed E-state index contributed by atoms with van der Waals surface area (Å²) in [5.74, 6) is -0.292. The van der Waals surface area contributed by atoms with Crippen molar-refractivity contribution in [2.75, 3.05) is 0 Å². The van der Waals surface area contributed by atoms with Gasteiger partial charge in [-0.1, -0.05) is 37.1 Å². The number of halogens is 2. The Hall–Kier alpha value is -1.48. The lowest BCUT2D eigenvalue weighted by molar-refractivity contribution is 0.630. The minimum absolute atomic E-state index is 0.292. The summed E-state index contributed by atoms with van der Waals surface area (Å²) in [7, 11) is 0. The molecule has 0 atom stereocenters. The quantitative estimate of drug-likeness (QED) is 0.773. The van der Waals surface area contributed by atoms with Crippen LogP contribution in [0.5, 0.6) is 0 Å². The summed E-state index contributed by atoms with van der Waals surface area (Å²) in [4.78, 5) is 8.10. The Bertz CT molecular complexity index is 529. The molecule has 0 aliphatic rings. The van der Waals surface area contributed by atoms with E-state index < -0.39 is 0 Å². The average Bonchev–Trinajstić information content (AvgIpc) is 2.33. The Balaban J connectivity index is 2.59. The first-order chi connectivity index (χ1) is 8.24. The predicted octanol–water partition coefficient (Wildman–Crippen LogP) is 3.89. The summed E-state index contributed by atoms with van der Waals surface area (Å²) >= 11 is 6.04. The predicted molar refractivity (Wildman–Crippen MR) is 66.4 cm³/mol. The third kappa shape index (κ3) is 2.44. The van der Waals surface area contributed by atoms with Gasteiger partial charge in [0.2, 0.25) is 0 Å². The fraction of sp³-hybridized carbons (Fsp3) is 0.231. The van der Waals surface area contributed by atoms with Crippen molar-refractivity contribution in [3.63, 3.8) is 0 Å².